The number of hydrogen-bond donors (Lipinski definition) is 1. The fourth-order valence-electron chi connectivity index (χ4n) is 0.158. The van der Waals surface area contributed by atoms with Gasteiger partial charge in [0.2, 0.25) is 0 Å². The summed E-state index contributed by atoms with van der Waals surface area (Å²) < 4.78 is 4.31. The largest absolute Gasteiger partial charge is 1.00 e. The van der Waals surface area contributed by atoms with E-state index in [4.69, 9.17) is 11.8 Å². The minimum atomic E-state index is -0.607. The normalized spacial score (nSPS) is 6.75. The zero-order valence-electron chi connectivity index (χ0n) is 4.90. The molecule has 3 nitrogen and oxygen atoms in total. The van der Waals surface area contributed by atoms with Gasteiger partial charge in [0.15, 0.2) is 0 Å². The van der Waals surface area contributed by atoms with Crippen molar-refractivity contribution in [2.45, 2.75) is 6.92 Å². The summed E-state index contributed by atoms with van der Waals surface area (Å²) in [6.07, 6.45) is -0.607. The fourth-order valence-corrected chi connectivity index (χ4v) is 0.213. The first-order valence-corrected chi connectivity index (χ1v) is 2.22. The molecule has 0 aromatic heterocycles. The van der Waals surface area contributed by atoms with E-state index in [0.717, 1.165) is 0 Å². The molecule has 0 aliphatic carbocycles. The Morgan fingerprint density at radius 1 is 1.88 bits per heavy atom. The molecule has 0 aliphatic heterocycles. The van der Waals surface area contributed by atoms with E-state index in [-0.39, 0.29) is 29.6 Å². The van der Waals surface area contributed by atoms with Crippen LogP contribution in [0.1, 0.15) is 6.92 Å². The van der Waals surface area contributed by atoms with Crippen LogP contribution in [0.4, 0.5) is 4.79 Å². The third-order valence-electron chi connectivity index (χ3n) is 0.353. The first-order valence-electron chi connectivity index (χ1n) is 1.84. The number of ether oxygens (including phenoxy) is 1. The number of rotatable bonds is 1. The molecule has 0 atom stereocenters. The quantitative estimate of drug-likeness (QED) is 0.340. The maximum Gasteiger partial charge on any atom is 1.00 e. The predicted octanol–water partition coefficient (Wildman–Crippen LogP) is -2.11. The van der Waals surface area contributed by atoms with Gasteiger partial charge in [0.05, 0.1) is 6.61 Å². The van der Waals surface area contributed by atoms with Crippen LogP contribution in [-0.4, -0.2) is 12.7 Å². The summed E-state index contributed by atoms with van der Waals surface area (Å²) in [5.41, 5.74) is 0. The molecular weight excluding hydrogens is 140 g/mol. The Labute approximate surface area is 75.1 Å². The first-order chi connectivity index (χ1) is 3.31. The minimum Gasteiger partial charge on any atom is -0.449 e. The maximum absolute atomic E-state index is 9.95. The van der Waals surface area contributed by atoms with E-state index >= 15 is 0 Å². The van der Waals surface area contributed by atoms with E-state index in [1.165, 1.54) is 0 Å². The number of nitrogens with one attached hydrogen (secondary N) is 1. The summed E-state index contributed by atoms with van der Waals surface area (Å²) >= 11 is 4.81. The van der Waals surface area contributed by atoms with E-state index in [1.54, 1.807) is 11.8 Å². The van der Waals surface area contributed by atoms with E-state index in [2.05, 4.69) is 4.74 Å². The number of hydrogen-bond acceptors (Lipinski definition) is 2. The van der Waals surface area contributed by atoms with E-state index < -0.39 is 6.09 Å². The van der Waals surface area contributed by atoms with E-state index in [9.17, 15) is 4.79 Å². The van der Waals surface area contributed by atoms with E-state index in [0.29, 0.717) is 6.61 Å². The van der Waals surface area contributed by atoms with Crippen LogP contribution in [0.2, 0.25) is 0 Å². The smallest absolute Gasteiger partial charge is 0.449 e. The van der Waals surface area contributed by atoms with Gasteiger partial charge in [-0.15, -0.1) is 0 Å². The molecule has 0 fully saturated rings. The van der Waals surface area contributed by atoms with Gasteiger partial charge in [0.1, 0.15) is 0 Å². The third-order valence-corrected chi connectivity index (χ3v) is 0.507. The second-order valence-corrected chi connectivity index (χ2v) is 1.00. The zero-order valence-corrected chi connectivity index (χ0v) is 7.66. The third kappa shape index (κ3) is 6.56. The molecular formula is C3H6ClNNaO2+. The second-order valence-electron chi connectivity index (χ2n) is 0.815. The minimum absolute atomic E-state index is 0. The monoisotopic (exact) mass is 146 g/mol. The molecule has 0 spiro atoms. The number of halogens is 1. The number of carbonyl (C=O) groups excluding carboxylic acids is 1. The van der Waals surface area contributed by atoms with Gasteiger partial charge in [0, 0.05) is 11.8 Å². The SMILES string of the molecule is CCOC(=O)NCl.[Na+]. The first kappa shape index (κ1) is 11.4. The summed E-state index contributed by atoms with van der Waals surface area (Å²) in [7, 11) is 0. The zero-order chi connectivity index (χ0) is 5.70. The van der Waals surface area contributed by atoms with Gasteiger partial charge in [-0.2, -0.15) is 0 Å². The van der Waals surface area contributed by atoms with E-state index in [1.807, 2.05) is 0 Å². The molecule has 1 amide bonds. The van der Waals surface area contributed by atoms with Crippen LogP contribution < -0.4 is 34.4 Å². The average molecular weight is 147 g/mol. The van der Waals surface area contributed by atoms with Crippen molar-refractivity contribution in [3.05, 3.63) is 0 Å². The number of amides is 1. The Morgan fingerprint density at radius 3 is 2.50 bits per heavy atom. The van der Waals surface area contributed by atoms with Crippen LogP contribution in [0, 0.1) is 0 Å². The van der Waals surface area contributed by atoms with Crippen molar-refractivity contribution < 1.29 is 39.1 Å². The molecule has 0 saturated carbocycles. The van der Waals surface area contributed by atoms with Gasteiger partial charge in [-0.05, 0) is 6.92 Å². The fraction of sp³-hybridized carbons (Fsp3) is 0.667. The van der Waals surface area contributed by atoms with Gasteiger partial charge in [0.25, 0.3) is 0 Å². The molecule has 0 aromatic rings. The van der Waals surface area contributed by atoms with Gasteiger partial charge < -0.3 is 4.74 Å². The predicted molar refractivity (Wildman–Crippen MR) is 26.0 cm³/mol. The molecule has 0 aliphatic rings. The van der Waals surface area contributed by atoms with Crippen molar-refractivity contribution in [1.29, 1.82) is 0 Å². The topological polar surface area (TPSA) is 38.3 Å². The Balaban J connectivity index is 0. The molecule has 0 aromatic carbocycles. The van der Waals surface area contributed by atoms with Gasteiger partial charge in [-0.1, -0.05) is 0 Å². The van der Waals surface area contributed by atoms with Crippen LogP contribution in [0.3, 0.4) is 0 Å². The summed E-state index contributed by atoms with van der Waals surface area (Å²) in [5.74, 6) is 0. The van der Waals surface area contributed by atoms with Crippen molar-refractivity contribution >= 4 is 17.9 Å². The Kier molecular flexibility index (Phi) is 10.7. The molecule has 8 heavy (non-hydrogen) atoms. The van der Waals surface area contributed by atoms with Crippen molar-refractivity contribution in [2.24, 2.45) is 0 Å². The van der Waals surface area contributed by atoms with Crippen LogP contribution in [0.15, 0.2) is 0 Å². The summed E-state index contributed by atoms with van der Waals surface area (Å²) in [5, 5.41) is 0. The Hall–Kier alpha value is 0.560. The number of carbonyl (C=O) groups is 1. The molecule has 42 valence electrons. The molecule has 0 heterocycles. The van der Waals surface area contributed by atoms with Crippen LogP contribution in [0.5, 0.6) is 0 Å². The van der Waals surface area contributed by atoms with Crippen LogP contribution >= 0.6 is 11.8 Å². The van der Waals surface area contributed by atoms with Crippen molar-refractivity contribution in [2.75, 3.05) is 6.61 Å². The molecule has 1 N–H and O–H groups in total. The van der Waals surface area contributed by atoms with Gasteiger partial charge >= 0.3 is 35.7 Å². The molecule has 0 radical (unpaired) electrons. The van der Waals surface area contributed by atoms with Crippen LogP contribution in [0.25, 0.3) is 0 Å². The Bertz CT molecular complexity index is 70.3. The standard InChI is InChI=1S/C3H6ClNO2.Na/c1-2-7-3(6)5-4;/h2H2,1H3,(H,5,6);/q;+1. The molecule has 5 heteroatoms. The summed E-state index contributed by atoms with van der Waals surface area (Å²) in [4.78, 5) is 11.7. The average Bonchev–Trinajstić information content (AvgIpc) is 1.68. The molecule has 0 bridgehead atoms. The molecule has 0 unspecified atom stereocenters. The second kappa shape index (κ2) is 7.56. The van der Waals surface area contributed by atoms with Gasteiger partial charge in [-0.25, -0.2) is 9.63 Å². The van der Waals surface area contributed by atoms with Crippen molar-refractivity contribution in [3.63, 3.8) is 0 Å². The maximum atomic E-state index is 9.95. The Morgan fingerprint density at radius 2 is 2.38 bits per heavy atom. The summed E-state index contributed by atoms with van der Waals surface area (Å²) in [6.45, 7) is 2.05. The van der Waals surface area contributed by atoms with Crippen LogP contribution in [-0.2, 0) is 4.74 Å². The molecule has 0 rings (SSSR count). The van der Waals surface area contributed by atoms with Crippen molar-refractivity contribution in [1.82, 2.24) is 4.84 Å². The molecule has 0 saturated heterocycles. The van der Waals surface area contributed by atoms with Gasteiger partial charge in [-0.3, -0.25) is 0 Å². The summed E-state index contributed by atoms with van der Waals surface area (Å²) in [6, 6.07) is 0. The van der Waals surface area contributed by atoms with Crippen molar-refractivity contribution in [3.8, 4) is 0 Å².